The Morgan fingerprint density at radius 2 is 1.91 bits per heavy atom. The van der Waals surface area contributed by atoms with E-state index in [1.807, 2.05) is 37.3 Å². The van der Waals surface area contributed by atoms with Gasteiger partial charge in [0, 0.05) is 19.6 Å². The molecular formula is C21H25N5O5S. The van der Waals surface area contributed by atoms with E-state index in [2.05, 4.69) is 4.98 Å². The van der Waals surface area contributed by atoms with Crippen molar-refractivity contribution in [3.05, 3.63) is 63.1 Å². The van der Waals surface area contributed by atoms with Crippen molar-refractivity contribution in [2.75, 3.05) is 18.6 Å². The van der Waals surface area contributed by atoms with Crippen LogP contribution in [0.5, 0.6) is 0 Å². The molecule has 10 nitrogen and oxygen atoms in total. The van der Waals surface area contributed by atoms with Gasteiger partial charge in [-0.2, -0.15) is 0 Å². The lowest BCUT2D eigenvalue weighted by atomic mass is 10.2. The van der Waals surface area contributed by atoms with Crippen molar-refractivity contribution in [3.63, 3.8) is 0 Å². The molecule has 3 aromatic rings. The van der Waals surface area contributed by atoms with Gasteiger partial charge in [-0.3, -0.25) is 14.2 Å². The molecule has 0 spiro atoms. The van der Waals surface area contributed by atoms with Gasteiger partial charge in [0.05, 0.1) is 24.4 Å². The minimum Gasteiger partial charge on any atom is -0.340 e. The van der Waals surface area contributed by atoms with Crippen LogP contribution in [-0.2, 0) is 34.3 Å². The van der Waals surface area contributed by atoms with Crippen molar-refractivity contribution in [1.82, 2.24) is 23.6 Å². The summed E-state index contributed by atoms with van der Waals surface area (Å²) in [5.41, 5.74) is 0.154. The van der Waals surface area contributed by atoms with Gasteiger partial charge in [0.15, 0.2) is 21.0 Å². The van der Waals surface area contributed by atoms with Crippen molar-refractivity contribution in [3.8, 4) is 0 Å². The van der Waals surface area contributed by atoms with Crippen LogP contribution in [0.15, 0.2) is 46.2 Å². The molecule has 1 aliphatic heterocycles. The summed E-state index contributed by atoms with van der Waals surface area (Å²) in [5, 5.41) is 0. The Balaban J connectivity index is 1.76. The Kier molecular flexibility index (Phi) is 5.76. The van der Waals surface area contributed by atoms with Crippen LogP contribution in [0.25, 0.3) is 11.2 Å². The fourth-order valence-corrected chi connectivity index (χ4v) is 5.83. The van der Waals surface area contributed by atoms with E-state index in [4.69, 9.17) is 0 Å². The number of rotatable bonds is 6. The Bertz CT molecular complexity index is 1390. The average Bonchev–Trinajstić information content (AvgIpc) is 3.37. The third-order valence-corrected chi connectivity index (χ3v) is 7.70. The monoisotopic (exact) mass is 459 g/mol. The summed E-state index contributed by atoms with van der Waals surface area (Å²) in [6, 6.07) is 8.85. The minimum atomic E-state index is -3.17. The van der Waals surface area contributed by atoms with E-state index in [0.29, 0.717) is 13.0 Å². The number of aryl methyl sites for hydroxylation is 1. The fourth-order valence-electron chi connectivity index (χ4n) is 4.06. The first kappa shape index (κ1) is 22.0. The molecule has 1 atom stereocenters. The second-order valence-corrected chi connectivity index (χ2v) is 10.2. The first-order chi connectivity index (χ1) is 15.2. The lowest BCUT2D eigenvalue weighted by Gasteiger charge is -2.23. The maximum absolute atomic E-state index is 13.3. The molecule has 2 aromatic heterocycles. The third-order valence-electron chi connectivity index (χ3n) is 5.95. The highest BCUT2D eigenvalue weighted by molar-refractivity contribution is 7.91. The maximum Gasteiger partial charge on any atom is 0.333 e. The summed E-state index contributed by atoms with van der Waals surface area (Å²) >= 11 is 0. The largest absolute Gasteiger partial charge is 0.340 e. The standard InChI is InChI=1S/C21H25N5O5S/c1-3-24-14-22-19-18(24)20(28)26(21(29)25(19)11-15-7-5-4-6-8-15)12-17(27)23(2)16-9-10-32(30,31)13-16/h4-8,14,16H,3,9-13H2,1-2H3/t16-/m1/s1. The van der Waals surface area contributed by atoms with Crippen LogP contribution in [0, 0.1) is 0 Å². The Labute approximate surface area is 184 Å². The normalized spacial score (nSPS) is 17.6. The molecule has 1 amide bonds. The van der Waals surface area contributed by atoms with E-state index < -0.39 is 39.6 Å². The molecule has 170 valence electrons. The number of nitrogens with zero attached hydrogens (tertiary/aromatic N) is 5. The van der Waals surface area contributed by atoms with Crippen molar-refractivity contribution < 1.29 is 13.2 Å². The van der Waals surface area contributed by atoms with E-state index in [9.17, 15) is 22.8 Å². The fraction of sp³-hybridized carbons (Fsp3) is 0.429. The number of likely N-dealkylation sites (N-methyl/N-ethyl adjacent to an activating group) is 1. The van der Waals surface area contributed by atoms with Crippen LogP contribution in [0.1, 0.15) is 18.9 Å². The first-order valence-electron chi connectivity index (χ1n) is 10.4. The Hall–Kier alpha value is -3.21. The summed E-state index contributed by atoms with van der Waals surface area (Å²) in [5.74, 6) is -0.565. The van der Waals surface area contributed by atoms with E-state index in [1.165, 1.54) is 22.8 Å². The molecule has 1 saturated heterocycles. The molecular weight excluding hydrogens is 434 g/mol. The second-order valence-electron chi connectivity index (χ2n) is 8.01. The van der Waals surface area contributed by atoms with Gasteiger partial charge in [0.2, 0.25) is 5.91 Å². The van der Waals surface area contributed by atoms with E-state index in [-0.39, 0.29) is 29.2 Å². The lowest BCUT2D eigenvalue weighted by Crippen LogP contribution is -2.46. The number of hydrogen-bond acceptors (Lipinski definition) is 6. The molecule has 3 heterocycles. The molecule has 0 saturated carbocycles. The molecule has 0 aliphatic carbocycles. The zero-order chi connectivity index (χ0) is 23.0. The zero-order valence-electron chi connectivity index (χ0n) is 18.0. The predicted octanol–water partition coefficient (Wildman–Crippen LogP) is 0.0734. The summed E-state index contributed by atoms with van der Waals surface area (Å²) in [6.45, 7) is 2.06. The van der Waals surface area contributed by atoms with Crippen molar-refractivity contribution in [1.29, 1.82) is 0 Å². The summed E-state index contributed by atoms with van der Waals surface area (Å²) in [6.07, 6.45) is 1.86. The highest BCUT2D eigenvalue weighted by Crippen LogP contribution is 2.17. The molecule has 1 aromatic carbocycles. The Morgan fingerprint density at radius 3 is 2.53 bits per heavy atom. The van der Waals surface area contributed by atoms with Crippen molar-refractivity contribution in [2.45, 2.75) is 39.0 Å². The topological polar surface area (TPSA) is 116 Å². The van der Waals surface area contributed by atoms with Crippen molar-refractivity contribution >= 4 is 26.9 Å². The quantitative estimate of drug-likeness (QED) is 0.515. The van der Waals surface area contributed by atoms with Crippen LogP contribution in [0.2, 0.25) is 0 Å². The number of hydrogen-bond donors (Lipinski definition) is 0. The van der Waals surface area contributed by atoms with E-state index in [0.717, 1.165) is 10.1 Å². The van der Waals surface area contributed by atoms with Crippen LogP contribution in [0.3, 0.4) is 0 Å². The van der Waals surface area contributed by atoms with Gasteiger partial charge in [-0.1, -0.05) is 30.3 Å². The smallest absolute Gasteiger partial charge is 0.333 e. The molecule has 4 rings (SSSR count). The number of imidazole rings is 1. The molecule has 1 fully saturated rings. The third kappa shape index (κ3) is 3.99. The molecule has 1 aliphatic rings. The first-order valence-corrected chi connectivity index (χ1v) is 12.2. The van der Waals surface area contributed by atoms with Gasteiger partial charge >= 0.3 is 5.69 Å². The van der Waals surface area contributed by atoms with Gasteiger partial charge in [-0.25, -0.2) is 22.8 Å². The Morgan fingerprint density at radius 1 is 1.19 bits per heavy atom. The van der Waals surface area contributed by atoms with Crippen LogP contribution < -0.4 is 11.2 Å². The minimum absolute atomic E-state index is 0.0285. The number of amides is 1. The SMILES string of the molecule is CCn1cnc2c1c(=O)n(CC(=O)N(C)[C@@H]1CCS(=O)(=O)C1)c(=O)n2Cc1ccccc1. The summed E-state index contributed by atoms with van der Waals surface area (Å²) < 4.78 is 27.5. The lowest BCUT2D eigenvalue weighted by molar-refractivity contribution is -0.132. The highest BCUT2D eigenvalue weighted by Gasteiger charge is 2.33. The van der Waals surface area contributed by atoms with Gasteiger partial charge < -0.3 is 9.47 Å². The highest BCUT2D eigenvalue weighted by atomic mass is 32.2. The average molecular weight is 460 g/mol. The van der Waals surface area contributed by atoms with Gasteiger partial charge in [-0.15, -0.1) is 0 Å². The molecule has 0 radical (unpaired) electrons. The number of carbonyl (C=O) groups excluding carboxylic acids is 1. The number of aromatic nitrogens is 4. The maximum atomic E-state index is 13.3. The van der Waals surface area contributed by atoms with Crippen LogP contribution in [-0.4, -0.2) is 62.5 Å². The number of benzene rings is 1. The van der Waals surface area contributed by atoms with Gasteiger partial charge in [0.25, 0.3) is 5.56 Å². The number of sulfone groups is 1. The number of carbonyl (C=O) groups is 1. The molecule has 11 heteroatoms. The molecule has 0 N–H and O–H groups in total. The van der Waals surface area contributed by atoms with E-state index in [1.54, 1.807) is 4.57 Å². The summed E-state index contributed by atoms with van der Waals surface area (Å²) in [7, 11) is -1.66. The van der Waals surface area contributed by atoms with Crippen molar-refractivity contribution in [2.24, 2.45) is 0 Å². The molecule has 0 unspecified atom stereocenters. The zero-order valence-corrected chi connectivity index (χ0v) is 18.8. The summed E-state index contributed by atoms with van der Waals surface area (Å²) in [4.78, 5) is 45.0. The molecule has 0 bridgehead atoms. The van der Waals surface area contributed by atoms with Crippen LogP contribution in [0.4, 0.5) is 0 Å². The number of fused-ring (bicyclic) bond motifs is 1. The van der Waals surface area contributed by atoms with E-state index >= 15 is 0 Å². The molecule has 32 heavy (non-hydrogen) atoms. The van der Waals surface area contributed by atoms with Gasteiger partial charge in [0.1, 0.15) is 6.54 Å². The van der Waals surface area contributed by atoms with Crippen LogP contribution >= 0.6 is 0 Å². The second kappa shape index (κ2) is 8.38. The van der Waals surface area contributed by atoms with Gasteiger partial charge in [-0.05, 0) is 18.9 Å². The predicted molar refractivity (Wildman–Crippen MR) is 119 cm³/mol.